The van der Waals surface area contributed by atoms with E-state index in [0.29, 0.717) is 0 Å². The van der Waals surface area contributed by atoms with Crippen LogP contribution in [-0.2, 0) is 33.3 Å². The third-order valence-electron chi connectivity index (χ3n) is 11.1. The Morgan fingerprint density at radius 2 is 0.673 bits per heavy atom. The maximum atomic E-state index is 13.0. The molecule has 0 nitrogen and oxygen atoms in total. The molecule has 0 atom stereocenters. The third-order valence-corrected chi connectivity index (χ3v) is 17.6. The van der Waals surface area contributed by atoms with Crippen molar-refractivity contribution in [3.05, 3.63) is 95.1 Å². The van der Waals surface area contributed by atoms with Gasteiger partial charge in [0.1, 0.15) is 11.6 Å². The van der Waals surface area contributed by atoms with Gasteiger partial charge in [-0.3, -0.25) is 0 Å². The Kier molecular flexibility index (Phi) is 23.7. The molecule has 4 aliphatic rings. The molecule has 2 aromatic rings. The van der Waals surface area contributed by atoms with Crippen molar-refractivity contribution in [3.8, 4) is 0 Å². The number of benzene rings is 2. The van der Waals surface area contributed by atoms with E-state index >= 15 is 0 Å². The summed E-state index contributed by atoms with van der Waals surface area (Å²) in [5.74, 6) is 4.93. The van der Waals surface area contributed by atoms with E-state index in [9.17, 15) is 8.78 Å². The smallest absolute Gasteiger partial charge is 1.00 e. The molecule has 0 bridgehead atoms. The Bertz CT molecular complexity index is 1040. The van der Waals surface area contributed by atoms with Crippen molar-refractivity contribution in [2.75, 3.05) is 0 Å². The van der Waals surface area contributed by atoms with Gasteiger partial charge in [-0.05, 0) is 122 Å². The van der Waals surface area contributed by atoms with Crippen molar-refractivity contribution in [1.29, 1.82) is 0 Å². The normalized spacial score (nSPS) is 20.0. The molecule has 4 fully saturated rings. The van der Waals surface area contributed by atoms with E-state index in [2.05, 4.69) is 23.8 Å². The minimum absolute atomic E-state index is 0. The first kappa shape index (κ1) is 45.0. The summed E-state index contributed by atoms with van der Waals surface area (Å²) in [5, 5.41) is 0. The molecule has 0 radical (unpaired) electrons. The molecule has 0 aromatic heterocycles. The Labute approximate surface area is 326 Å². The van der Waals surface area contributed by atoms with E-state index < -0.39 is 0 Å². The summed E-state index contributed by atoms with van der Waals surface area (Å²) < 4.78 is 26.0. The molecule has 0 saturated heterocycles. The van der Waals surface area contributed by atoms with Gasteiger partial charge in [-0.15, -0.1) is 0 Å². The van der Waals surface area contributed by atoms with E-state index in [1.165, 1.54) is 140 Å². The standard InChI is InChI=1S/2C21H30FP.2ClH.Pd/c2*22-19-15-13-18(14-16-19)8-7-17-23(20-9-3-1-4-10-20)21-11-5-2-6-12-21;;;/h2*7,13-17,20-21H,1-6,8-12H2;2*1H;/q;;;;+2/p-2. The van der Waals surface area contributed by atoms with Crippen LogP contribution in [0.1, 0.15) is 140 Å². The minimum Gasteiger partial charge on any atom is -1.00 e. The molecule has 7 heteroatoms. The van der Waals surface area contributed by atoms with Crippen LogP contribution in [0.5, 0.6) is 0 Å². The molecule has 4 aliphatic carbocycles. The second-order valence-electron chi connectivity index (χ2n) is 14.5. The summed E-state index contributed by atoms with van der Waals surface area (Å²) in [5.41, 5.74) is 6.37. The zero-order chi connectivity index (χ0) is 31.8. The van der Waals surface area contributed by atoms with Gasteiger partial charge in [0.15, 0.2) is 0 Å². The van der Waals surface area contributed by atoms with Gasteiger partial charge < -0.3 is 24.8 Å². The fraction of sp³-hybridized carbons (Fsp3) is 0.619. The quantitative estimate of drug-likeness (QED) is 0.168. The molecular formula is C42H60Cl2F2P2Pd. The van der Waals surface area contributed by atoms with Gasteiger partial charge in [-0.2, -0.15) is 0 Å². The van der Waals surface area contributed by atoms with E-state index in [-0.39, 0.29) is 72.7 Å². The molecule has 2 aromatic carbocycles. The average molecular weight is 842 g/mol. The molecule has 4 saturated carbocycles. The topological polar surface area (TPSA) is 0 Å². The summed E-state index contributed by atoms with van der Waals surface area (Å²) in [6.07, 6.45) is 35.8. The largest absolute Gasteiger partial charge is 2.00 e. The molecule has 0 aliphatic heterocycles. The maximum absolute atomic E-state index is 13.0. The Morgan fingerprint density at radius 1 is 0.429 bits per heavy atom. The van der Waals surface area contributed by atoms with Gasteiger partial charge in [0.25, 0.3) is 0 Å². The van der Waals surface area contributed by atoms with E-state index in [1.807, 2.05) is 24.3 Å². The number of rotatable bonds is 10. The molecule has 0 amide bonds. The van der Waals surface area contributed by atoms with Crippen LogP contribution in [0.25, 0.3) is 0 Å². The number of hydrogen-bond donors (Lipinski definition) is 0. The fourth-order valence-electron chi connectivity index (χ4n) is 8.46. The van der Waals surface area contributed by atoms with Crippen molar-refractivity contribution in [2.24, 2.45) is 0 Å². The SMILES string of the molecule is Fc1ccc(CC=CP(C2CCCCC2)C2CCCCC2)cc1.Fc1ccc(CC=CP(C2CCCCC2)C2CCCCC2)cc1.[Cl-].[Cl-].[Pd+2]. The van der Waals surface area contributed by atoms with Crippen LogP contribution >= 0.6 is 15.8 Å². The van der Waals surface area contributed by atoms with Crippen molar-refractivity contribution < 1.29 is 54.0 Å². The molecular weight excluding hydrogens is 782 g/mol. The molecule has 0 N–H and O–H groups in total. The average Bonchev–Trinajstić information content (AvgIpc) is 3.12. The van der Waals surface area contributed by atoms with Crippen molar-refractivity contribution in [2.45, 2.75) is 164 Å². The van der Waals surface area contributed by atoms with E-state index in [0.717, 1.165) is 35.5 Å². The minimum atomic E-state index is -0.135. The maximum Gasteiger partial charge on any atom is 2.00 e. The third kappa shape index (κ3) is 15.8. The van der Waals surface area contributed by atoms with Gasteiger partial charge in [0, 0.05) is 0 Å². The monoisotopic (exact) mass is 840 g/mol. The Balaban J connectivity index is 0.000000321. The zero-order valence-corrected chi connectivity index (χ0v) is 34.4. The second kappa shape index (κ2) is 25.8. The number of halogens is 4. The van der Waals surface area contributed by atoms with Crippen LogP contribution in [0.15, 0.2) is 72.3 Å². The van der Waals surface area contributed by atoms with Crippen LogP contribution < -0.4 is 24.8 Å². The summed E-state index contributed by atoms with van der Waals surface area (Å²) >= 11 is 0. The van der Waals surface area contributed by atoms with Crippen molar-refractivity contribution in [1.82, 2.24) is 0 Å². The van der Waals surface area contributed by atoms with E-state index in [4.69, 9.17) is 0 Å². The predicted molar refractivity (Wildman–Crippen MR) is 200 cm³/mol. The van der Waals surface area contributed by atoms with E-state index in [1.54, 1.807) is 24.3 Å². The van der Waals surface area contributed by atoms with Crippen LogP contribution in [0.2, 0.25) is 0 Å². The summed E-state index contributed by atoms with van der Waals surface area (Å²) in [6, 6.07) is 14.0. The van der Waals surface area contributed by atoms with Gasteiger partial charge in [-0.25, -0.2) is 8.78 Å². The second-order valence-corrected chi connectivity index (χ2v) is 19.8. The fourth-order valence-corrected chi connectivity index (χ4v) is 15.2. The van der Waals surface area contributed by atoms with Crippen LogP contribution in [0.3, 0.4) is 0 Å². The van der Waals surface area contributed by atoms with Crippen LogP contribution in [-0.4, -0.2) is 22.6 Å². The first-order chi connectivity index (χ1) is 22.7. The molecule has 0 unspecified atom stereocenters. The van der Waals surface area contributed by atoms with Crippen molar-refractivity contribution in [3.63, 3.8) is 0 Å². The molecule has 49 heavy (non-hydrogen) atoms. The van der Waals surface area contributed by atoms with Gasteiger partial charge >= 0.3 is 20.4 Å². The van der Waals surface area contributed by atoms with Crippen LogP contribution in [0, 0.1) is 11.6 Å². The first-order valence-corrected chi connectivity index (χ1v) is 22.1. The number of hydrogen-bond acceptors (Lipinski definition) is 0. The summed E-state index contributed by atoms with van der Waals surface area (Å²) in [6.45, 7) is 0. The summed E-state index contributed by atoms with van der Waals surface area (Å²) in [4.78, 5) is 0. The van der Waals surface area contributed by atoms with Gasteiger partial charge in [0.05, 0.1) is 0 Å². The summed E-state index contributed by atoms with van der Waals surface area (Å²) in [7, 11) is 0.0918. The van der Waals surface area contributed by atoms with Gasteiger partial charge in [0.2, 0.25) is 0 Å². The Morgan fingerprint density at radius 3 is 0.918 bits per heavy atom. The zero-order valence-electron chi connectivity index (χ0n) is 29.5. The number of allylic oxidation sites excluding steroid dienone is 2. The predicted octanol–water partition coefficient (Wildman–Crippen LogP) is 8.06. The molecule has 276 valence electrons. The van der Waals surface area contributed by atoms with Gasteiger partial charge in [-0.1, -0.05) is 141 Å². The first-order valence-electron chi connectivity index (χ1n) is 19.0. The van der Waals surface area contributed by atoms with Crippen LogP contribution in [0.4, 0.5) is 8.78 Å². The Hall–Kier alpha value is -0.118. The molecule has 0 spiro atoms. The molecule has 0 heterocycles. The molecule has 6 rings (SSSR count). The van der Waals surface area contributed by atoms with Crippen molar-refractivity contribution >= 4 is 15.8 Å².